The molecule has 0 aromatic heterocycles. The normalized spacial score (nSPS) is 27.0. The fourth-order valence-corrected chi connectivity index (χ4v) is 4.48. The molecule has 3 unspecified atom stereocenters. The minimum atomic E-state index is -0.215. The lowest BCUT2D eigenvalue weighted by molar-refractivity contribution is -0.119. The fraction of sp³-hybridized carbons (Fsp3) is 0.444. The highest BCUT2D eigenvalue weighted by molar-refractivity contribution is 8.04. The van der Waals surface area contributed by atoms with Gasteiger partial charge in [0.1, 0.15) is 0 Å². The van der Waals surface area contributed by atoms with Crippen LogP contribution in [-0.2, 0) is 9.59 Å². The van der Waals surface area contributed by atoms with E-state index in [2.05, 4.69) is 10.6 Å². The average Bonchev–Trinajstić information content (AvgIpc) is 2.56. The maximum absolute atomic E-state index is 12.2. The Balaban J connectivity index is 1.63. The summed E-state index contributed by atoms with van der Waals surface area (Å²) in [6.45, 7) is 1.94. The first-order valence-electron chi connectivity index (χ1n) is 8.18. The van der Waals surface area contributed by atoms with Gasteiger partial charge in [-0.25, -0.2) is 0 Å². The Bertz CT molecular complexity index is 615. The molecule has 1 aromatic rings. The number of rotatable bonds is 3. The standard InChI is InChI=1S/C18H22N2O2S/c1-12(13-7-3-2-4-8-13)19-17(21)11-16-18(22)20-14-9-5-6-10-15(14)23-16/h2-4,7-8,11-12,14-15H,5-6,9-10H2,1H3,(H,19,21)(H,20,22)/b16-11-. The van der Waals surface area contributed by atoms with Crippen LogP contribution in [0, 0.1) is 0 Å². The van der Waals surface area contributed by atoms with E-state index in [-0.39, 0.29) is 23.9 Å². The first-order valence-corrected chi connectivity index (χ1v) is 9.06. The first-order chi connectivity index (χ1) is 11.1. The molecule has 3 rings (SSSR count). The van der Waals surface area contributed by atoms with Gasteiger partial charge in [0.05, 0.1) is 10.9 Å². The van der Waals surface area contributed by atoms with Gasteiger partial charge in [-0.05, 0) is 25.3 Å². The van der Waals surface area contributed by atoms with Crippen molar-refractivity contribution in [1.29, 1.82) is 0 Å². The number of nitrogens with one attached hydrogen (secondary N) is 2. The molecular formula is C18H22N2O2S. The lowest BCUT2D eigenvalue weighted by Gasteiger charge is -2.36. The number of thioether (sulfide) groups is 1. The molecule has 1 heterocycles. The molecule has 23 heavy (non-hydrogen) atoms. The predicted octanol–water partition coefficient (Wildman–Crippen LogP) is 2.92. The molecule has 2 fully saturated rings. The summed E-state index contributed by atoms with van der Waals surface area (Å²) in [4.78, 5) is 24.9. The molecule has 1 aromatic carbocycles. The van der Waals surface area contributed by atoms with E-state index in [1.807, 2.05) is 37.3 Å². The summed E-state index contributed by atoms with van der Waals surface area (Å²) in [5.41, 5.74) is 1.05. The highest BCUT2D eigenvalue weighted by Crippen LogP contribution is 2.36. The van der Waals surface area contributed by atoms with Gasteiger partial charge in [0, 0.05) is 17.4 Å². The van der Waals surface area contributed by atoms with Crippen LogP contribution in [0.1, 0.15) is 44.2 Å². The van der Waals surface area contributed by atoms with Crippen LogP contribution >= 0.6 is 11.8 Å². The molecule has 5 heteroatoms. The zero-order chi connectivity index (χ0) is 16.2. The molecule has 1 saturated carbocycles. The molecule has 1 aliphatic heterocycles. The van der Waals surface area contributed by atoms with Crippen LogP contribution in [0.25, 0.3) is 0 Å². The minimum Gasteiger partial charge on any atom is -0.348 e. The Labute approximate surface area is 141 Å². The van der Waals surface area contributed by atoms with Crippen molar-refractivity contribution < 1.29 is 9.59 Å². The average molecular weight is 330 g/mol. The van der Waals surface area contributed by atoms with Crippen molar-refractivity contribution >= 4 is 23.6 Å². The highest BCUT2D eigenvalue weighted by Gasteiger charge is 2.34. The second kappa shape index (κ2) is 7.21. The van der Waals surface area contributed by atoms with E-state index in [4.69, 9.17) is 0 Å². The van der Waals surface area contributed by atoms with E-state index in [1.165, 1.54) is 18.9 Å². The van der Waals surface area contributed by atoms with Gasteiger partial charge in [-0.1, -0.05) is 43.2 Å². The molecular weight excluding hydrogens is 308 g/mol. The number of carbonyl (C=O) groups is 2. The summed E-state index contributed by atoms with van der Waals surface area (Å²) in [5, 5.41) is 6.39. The van der Waals surface area contributed by atoms with Crippen molar-refractivity contribution in [2.45, 2.75) is 49.9 Å². The Morgan fingerprint density at radius 1 is 1.30 bits per heavy atom. The molecule has 3 atom stereocenters. The Hall–Kier alpha value is -1.75. The second-order valence-corrected chi connectivity index (χ2v) is 7.45. The van der Waals surface area contributed by atoms with Gasteiger partial charge in [-0.15, -0.1) is 11.8 Å². The van der Waals surface area contributed by atoms with Gasteiger partial charge in [-0.3, -0.25) is 9.59 Å². The van der Waals surface area contributed by atoms with Gasteiger partial charge in [0.2, 0.25) is 5.91 Å². The smallest absolute Gasteiger partial charge is 0.258 e. The van der Waals surface area contributed by atoms with Gasteiger partial charge in [-0.2, -0.15) is 0 Å². The molecule has 2 N–H and O–H groups in total. The van der Waals surface area contributed by atoms with Gasteiger partial charge >= 0.3 is 0 Å². The molecule has 4 nitrogen and oxygen atoms in total. The lowest BCUT2D eigenvalue weighted by atomic mass is 9.94. The number of carbonyl (C=O) groups excluding carboxylic acids is 2. The van der Waals surface area contributed by atoms with Crippen molar-refractivity contribution in [1.82, 2.24) is 10.6 Å². The molecule has 0 radical (unpaired) electrons. The summed E-state index contributed by atoms with van der Waals surface area (Å²) >= 11 is 1.56. The molecule has 2 amide bonds. The number of benzene rings is 1. The monoisotopic (exact) mass is 330 g/mol. The third-order valence-electron chi connectivity index (χ3n) is 4.44. The topological polar surface area (TPSA) is 58.2 Å². The SMILES string of the molecule is CC(NC(=O)/C=C1\SC2CCCCC2NC1=O)c1ccccc1. The molecule has 1 aliphatic carbocycles. The van der Waals surface area contributed by atoms with Crippen LogP contribution in [-0.4, -0.2) is 23.1 Å². The predicted molar refractivity (Wildman–Crippen MR) is 92.9 cm³/mol. The molecule has 2 aliphatic rings. The largest absolute Gasteiger partial charge is 0.348 e. The third kappa shape index (κ3) is 3.96. The van der Waals surface area contributed by atoms with Crippen molar-refractivity contribution in [3.8, 4) is 0 Å². The van der Waals surface area contributed by atoms with E-state index < -0.39 is 0 Å². The summed E-state index contributed by atoms with van der Waals surface area (Å²) in [7, 11) is 0. The summed E-state index contributed by atoms with van der Waals surface area (Å²) in [5.74, 6) is -0.325. The fourth-order valence-electron chi connectivity index (χ4n) is 3.16. The number of amides is 2. The van der Waals surface area contributed by atoms with Crippen molar-refractivity contribution in [2.24, 2.45) is 0 Å². The third-order valence-corrected chi connectivity index (χ3v) is 5.87. The molecule has 122 valence electrons. The summed E-state index contributed by atoms with van der Waals surface area (Å²) in [6, 6.07) is 9.99. The molecule has 1 saturated heterocycles. The Morgan fingerprint density at radius 2 is 2.04 bits per heavy atom. The first kappa shape index (κ1) is 16.1. The van der Waals surface area contributed by atoms with E-state index in [9.17, 15) is 9.59 Å². The highest BCUT2D eigenvalue weighted by atomic mass is 32.2. The van der Waals surface area contributed by atoms with Crippen molar-refractivity contribution in [3.63, 3.8) is 0 Å². The van der Waals surface area contributed by atoms with Crippen LogP contribution in [0.3, 0.4) is 0 Å². The van der Waals surface area contributed by atoms with E-state index >= 15 is 0 Å². The van der Waals surface area contributed by atoms with Crippen molar-refractivity contribution in [2.75, 3.05) is 0 Å². The summed E-state index contributed by atoms with van der Waals surface area (Å²) in [6.07, 6.45) is 5.98. The van der Waals surface area contributed by atoms with Crippen LogP contribution in [0.5, 0.6) is 0 Å². The molecule has 0 spiro atoms. The second-order valence-electron chi connectivity index (χ2n) is 6.17. The van der Waals surface area contributed by atoms with Crippen LogP contribution in [0.15, 0.2) is 41.3 Å². The summed E-state index contributed by atoms with van der Waals surface area (Å²) < 4.78 is 0. The lowest BCUT2D eigenvalue weighted by Crippen LogP contribution is -2.48. The number of fused-ring (bicyclic) bond motifs is 1. The number of hydrogen-bond acceptors (Lipinski definition) is 3. The zero-order valence-corrected chi connectivity index (χ0v) is 14.1. The molecule has 0 bridgehead atoms. The van der Waals surface area contributed by atoms with Crippen LogP contribution in [0.4, 0.5) is 0 Å². The van der Waals surface area contributed by atoms with E-state index in [0.29, 0.717) is 10.2 Å². The Morgan fingerprint density at radius 3 is 2.83 bits per heavy atom. The van der Waals surface area contributed by atoms with E-state index in [0.717, 1.165) is 18.4 Å². The zero-order valence-electron chi connectivity index (χ0n) is 13.2. The van der Waals surface area contributed by atoms with Gasteiger partial charge < -0.3 is 10.6 Å². The van der Waals surface area contributed by atoms with Crippen LogP contribution in [0.2, 0.25) is 0 Å². The minimum absolute atomic E-state index is 0.0837. The van der Waals surface area contributed by atoms with Crippen LogP contribution < -0.4 is 10.6 Å². The van der Waals surface area contributed by atoms with Gasteiger partial charge in [0.25, 0.3) is 5.91 Å². The van der Waals surface area contributed by atoms with Gasteiger partial charge in [0.15, 0.2) is 0 Å². The van der Waals surface area contributed by atoms with Crippen molar-refractivity contribution in [3.05, 3.63) is 46.9 Å². The maximum atomic E-state index is 12.2. The maximum Gasteiger partial charge on any atom is 0.258 e. The van der Waals surface area contributed by atoms with E-state index in [1.54, 1.807) is 11.8 Å². The number of hydrogen-bond donors (Lipinski definition) is 2. The quantitative estimate of drug-likeness (QED) is 0.838. The Kier molecular flexibility index (Phi) is 5.06.